The Labute approximate surface area is 184 Å². The second kappa shape index (κ2) is 7.49. The second-order valence-corrected chi connectivity index (χ2v) is 8.90. The number of β-amino-alcohol motifs (C(OH)–C–C–N with tert-alkyl or cyclic N) is 1. The van der Waals surface area contributed by atoms with Crippen LogP contribution in [0.15, 0.2) is 40.9 Å². The average molecular weight is 459 g/mol. The zero-order valence-corrected chi connectivity index (χ0v) is 17.4. The molecule has 4 aromatic rings. The summed E-state index contributed by atoms with van der Waals surface area (Å²) in [6.45, 7) is 0.706. The maximum atomic E-state index is 12.5. The van der Waals surface area contributed by atoms with E-state index in [4.69, 9.17) is 16.1 Å². The zero-order valence-electron chi connectivity index (χ0n) is 15.9. The topological polar surface area (TPSA) is 122 Å². The van der Waals surface area contributed by atoms with E-state index in [9.17, 15) is 19.8 Å². The first-order valence-corrected chi connectivity index (χ1v) is 10.5. The van der Waals surface area contributed by atoms with Gasteiger partial charge in [0.25, 0.3) is 5.91 Å². The third kappa shape index (κ3) is 3.58. The van der Waals surface area contributed by atoms with Gasteiger partial charge in [-0.25, -0.2) is 9.78 Å². The van der Waals surface area contributed by atoms with Crippen LogP contribution in [0.2, 0.25) is 4.34 Å². The highest BCUT2D eigenvalue weighted by Gasteiger charge is 2.30. The number of halogens is 1. The van der Waals surface area contributed by atoms with E-state index >= 15 is 0 Å². The van der Waals surface area contributed by atoms with E-state index in [2.05, 4.69) is 10.1 Å². The van der Waals surface area contributed by atoms with Crippen LogP contribution in [0.3, 0.4) is 0 Å². The van der Waals surface area contributed by atoms with Gasteiger partial charge >= 0.3 is 5.97 Å². The average Bonchev–Trinajstić information content (AvgIpc) is 3.44. The molecule has 1 amide bonds. The zero-order chi connectivity index (χ0) is 21.7. The standard InChI is InChI=1S/C20H15ClN4O5S/c21-17-4-3-16(31-17)15-6-11(23-30-15)7-25-14-2-1-10(19(27)24-8-12(26)9-24)5-13(14)22-18(25)20(28)29/h1-6,12,26H,7-9H2,(H,28,29). The van der Waals surface area contributed by atoms with Crippen LogP contribution in [0.5, 0.6) is 0 Å². The quantitative estimate of drug-likeness (QED) is 0.471. The molecule has 0 unspecified atom stereocenters. The van der Waals surface area contributed by atoms with Crippen molar-refractivity contribution >= 4 is 45.8 Å². The third-order valence-electron chi connectivity index (χ3n) is 5.03. The van der Waals surface area contributed by atoms with Crippen molar-refractivity contribution < 1.29 is 24.3 Å². The highest BCUT2D eigenvalue weighted by atomic mass is 35.5. The van der Waals surface area contributed by atoms with Crippen LogP contribution in [0.1, 0.15) is 26.7 Å². The van der Waals surface area contributed by atoms with Crippen molar-refractivity contribution in [2.45, 2.75) is 12.6 Å². The minimum atomic E-state index is -1.19. The molecule has 5 rings (SSSR count). The number of hydrogen-bond donors (Lipinski definition) is 2. The Morgan fingerprint density at radius 3 is 2.71 bits per heavy atom. The number of hydrogen-bond acceptors (Lipinski definition) is 7. The highest BCUT2D eigenvalue weighted by Crippen LogP contribution is 2.31. The van der Waals surface area contributed by atoms with Crippen molar-refractivity contribution in [3.63, 3.8) is 0 Å². The number of aliphatic hydroxyl groups excluding tert-OH is 1. The Morgan fingerprint density at radius 2 is 2.03 bits per heavy atom. The van der Waals surface area contributed by atoms with Gasteiger partial charge in [0, 0.05) is 24.7 Å². The first-order valence-electron chi connectivity index (χ1n) is 9.31. The number of nitrogens with zero attached hydrogens (tertiary/aromatic N) is 4. The molecule has 11 heteroatoms. The fraction of sp³-hybridized carbons (Fsp3) is 0.200. The summed E-state index contributed by atoms with van der Waals surface area (Å²) >= 11 is 7.32. The van der Waals surface area contributed by atoms with E-state index in [0.717, 1.165) is 4.88 Å². The molecule has 3 aromatic heterocycles. The first-order chi connectivity index (χ1) is 14.9. The molecule has 2 N–H and O–H groups in total. The Kier molecular flexibility index (Phi) is 4.77. The van der Waals surface area contributed by atoms with Crippen LogP contribution in [0.25, 0.3) is 21.7 Å². The minimum Gasteiger partial charge on any atom is -0.475 e. The molecule has 9 nitrogen and oxygen atoms in total. The number of aromatic nitrogens is 3. The number of thiophene rings is 1. The molecule has 0 bridgehead atoms. The Balaban J connectivity index is 1.47. The molecule has 158 valence electrons. The number of amides is 1. The Bertz CT molecular complexity index is 1320. The predicted molar refractivity (Wildman–Crippen MR) is 113 cm³/mol. The Morgan fingerprint density at radius 1 is 1.23 bits per heavy atom. The van der Waals surface area contributed by atoms with Crippen molar-refractivity contribution in [1.29, 1.82) is 0 Å². The van der Waals surface area contributed by atoms with E-state index < -0.39 is 12.1 Å². The molecule has 0 spiro atoms. The highest BCUT2D eigenvalue weighted by molar-refractivity contribution is 7.19. The molecule has 31 heavy (non-hydrogen) atoms. The van der Waals surface area contributed by atoms with Crippen LogP contribution >= 0.6 is 22.9 Å². The summed E-state index contributed by atoms with van der Waals surface area (Å²) in [5.41, 5.74) is 1.86. The SMILES string of the molecule is O=C(O)c1nc2cc(C(=O)N3CC(O)C3)ccc2n1Cc1cc(-c2ccc(Cl)s2)on1. The Hall–Kier alpha value is -3.21. The second-order valence-electron chi connectivity index (χ2n) is 7.18. The van der Waals surface area contributed by atoms with Gasteiger partial charge < -0.3 is 24.2 Å². The lowest BCUT2D eigenvalue weighted by atomic mass is 10.1. The summed E-state index contributed by atoms with van der Waals surface area (Å²) in [6, 6.07) is 10.2. The molecule has 0 radical (unpaired) electrons. The number of carboxylic acids is 1. The lowest BCUT2D eigenvalue weighted by molar-refractivity contribution is 0.00590. The number of imidazole rings is 1. The van der Waals surface area contributed by atoms with Crippen molar-refractivity contribution in [3.05, 3.63) is 57.8 Å². The fourth-order valence-electron chi connectivity index (χ4n) is 3.50. The molecule has 1 fully saturated rings. The molecule has 1 aliphatic heterocycles. The van der Waals surface area contributed by atoms with Crippen LogP contribution in [-0.2, 0) is 6.54 Å². The van der Waals surface area contributed by atoms with Gasteiger partial charge in [-0.15, -0.1) is 11.3 Å². The monoisotopic (exact) mass is 458 g/mol. The summed E-state index contributed by atoms with van der Waals surface area (Å²) < 4.78 is 7.52. The van der Waals surface area contributed by atoms with Crippen LogP contribution in [-0.4, -0.2) is 60.9 Å². The van der Waals surface area contributed by atoms with E-state index in [1.165, 1.54) is 20.8 Å². The summed E-state index contributed by atoms with van der Waals surface area (Å²) in [6.07, 6.45) is -0.497. The van der Waals surface area contributed by atoms with Gasteiger partial charge in [0.2, 0.25) is 5.82 Å². The number of aromatic carboxylic acids is 1. The molecule has 0 atom stereocenters. The minimum absolute atomic E-state index is 0.131. The van der Waals surface area contributed by atoms with Crippen molar-refractivity contribution in [2.24, 2.45) is 0 Å². The summed E-state index contributed by atoms with van der Waals surface area (Å²) in [5.74, 6) is -1.04. The predicted octanol–water partition coefficient (Wildman–Crippen LogP) is 2.97. The number of likely N-dealkylation sites (tertiary alicyclic amines) is 1. The normalized spacial score (nSPS) is 14.2. The van der Waals surface area contributed by atoms with Gasteiger partial charge in [-0.05, 0) is 30.3 Å². The van der Waals surface area contributed by atoms with E-state index in [-0.39, 0.29) is 31.4 Å². The number of benzene rings is 1. The van der Waals surface area contributed by atoms with Crippen LogP contribution < -0.4 is 0 Å². The van der Waals surface area contributed by atoms with E-state index in [1.54, 1.807) is 30.3 Å². The number of carbonyl (C=O) groups is 2. The molecule has 1 aliphatic rings. The third-order valence-corrected chi connectivity index (χ3v) is 6.28. The molecular formula is C20H15ClN4O5S. The smallest absolute Gasteiger partial charge is 0.372 e. The summed E-state index contributed by atoms with van der Waals surface area (Å²) in [7, 11) is 0. The van der Waals surface area contributed by atoms with E-state index in [1.807, 2.05) is 6.07 Å². The van der Waals surface area contributed by atoms with Gasteiger partial charge in [-0.1, -0.05) is 16.8 Å². The summed E-state index contributed by atoms with van der Waals surface area (Å²) in [4.78, 5) is 30.8. The van der Waals surface area contributed by atoms with Gasteiger partial charge in [0.1, 0.15) is 5.69 Å². The maximum Gasteiger partial charge on any atom is 0.372 e. The molecule has 1 saturated heterocycles. The van der Waals surface area contributed by atoms with Gasteiger partial charge in [-0.2, -0.15) is 0 Å². The van der Waals surface area contributed by atoms with Crippen molar-refractivity contribution in [3.8, 4) is 10.6 Å². The van der Waals surface area contributed by atoms with Gasteiger partial charge in [-0.3, -0.25) is 4.79 Å². The van der Waals surface area contributed by atoms with Crippen molar-refractivity contribution in [1.82, 2.24) is 19.6 Å². The number of carbonyl (C=O) groups excluding carboxylic acids is 1. The van der Waals surface area contributed by atoms with Gasteiger partial charge in [0.05, 0.1) is 32.9 Å². The van der Waals surface area contributed by atoms with Crippen molar-refractivity contribution in [2.75, 3.05) is 13.1 Å². The maximum absolute atomic E-state index is 12.5. The molecule has 0 saturated carbocycles. The van der Waals surface area contributed by atoms with Crippen LogP contribution in [0, 0.1) is 0 Å². The molecule has 1 aromatic carbocycles. The largest absolute Gasteiger partial charge is 0.475 e. The fourth-order valence-corrected chi connectivity index (χ4v) is 4.49. The molecule has 4 heterocycles. The molecule has 0 aliphatic carbocycles. The van der Waals surface area contributed by atoms with Crippen LogP contribution in [0.4, 0.5) is 0 Å². The van der Waals surface area contributed by atoms with E-state index in [0.29, 0.717) is 32.4 Å². The number of rotatable bonds is 5. The number of carboxylic acid groups (broad SMARTS) is 1. The lowest BCUT2D eigenvalue weighted by Crippen LogP contribution is -2.53. The number of aliphatic hydroxyl groups is 1. The van der Waals surface area contributed by atoms with Gasteiger partial charge in [0.15, 0.2) is 5.76 Å². The summed E-state index contributed by atoms with van der Waals surface area (Å²) in [5, 5.41) is 23.1. The number of fused-ring (bicyclic) bond motifs is 1. The molecular weight excluding hydrogens is 444 g/mol. The lowest BCUT2D eigenvalue weighted by Gasteiger charge is -2.35. The first kappa shape index (κ1) is 19.7.